The van der Waals surface area contributed by atoms with Crippen LogP contribution in [-0.2, 0) is 6.54 Å². The summed E-state index contributed by atoms with van der Waals surface area (Å²) in [6, 6.07) is 6.66. The van der Waals surface area contributed by atoms with Crippen molar-refractivity contribution in [3.63, 3.8) is 0 Å². The summed E-state index contributed by atoms with van der Waals surface area (Å²) < 4.78 is 0.955. The van der Waals surface area contributed by atoms with E-state index in [0.717, 1.165) is 22.0 Å². The summed E-state index contributed by atoms with van der Waals surface area (Å²) in [6.07, 6.45) is 2.46. The van der Waals surface area contributed by atoms with Crippen LogP contribution in [0.25, 0.3) is 0 Å². The van der Waals surface area contributed by atoms with Crippen molar-refractivity contribution in [1.29, 1.82) is 0 Å². The van der Waals surface area contributed by atoms with E-state index < -0.39 is 0 Å². The van der Waals surface area contributed by atoms with Crippen LogP contribution in [0.4, 0.5) is 0 Å². The van der Waals surface area contributed by atoms with Crippen molar-refractivity contribution >= 4 is 27.5 Å². The van der Waals surface area contributed by atoms with E-state index in [9.17, 15) is 0 Å². The van der Waals surface area contributed by atoms with E-state index in [1.807, 2.05) is 12.1 Å². The van der Waals surface area contributed by atoms with Crippen molar-refractivity contribution in [2.24, 2.45) is 5.92 Å². The number of rotatable bonds is 6. The topological polar surface area (TPSA) is 12.0 Å². The molecule has 0 aromatic heterocycles. The number of benzene rings is 1. The lowest BCUT2D eigenvalue weighted by Gasteiger charge is -2.22. The molecule has 0 fully saturated rings. The monoisotopic (exact) mass is 317 g/mol. The molecule has 1 aromatic rings. The van der Waals surface area contributed by atoms with Crippen molar-refractivity contribution in [3.8, 4) is 0 Å². The summed E-state index contributed by atoms with van der Waals surface area (Å²) in [4.78, 5) is 0. The van der Waals surface area contributed by atoms with Gasteiger partial charge in [0.05, 0.1) is 5.02 Å². The van der Waals surface area contributed by atoms with Gasteiger partial charge in [-0.25, -0.2) is 0 Å². The van der Waals surface area contributed by atoms with Crippen LogP contribution in [-0.4, -0.2) is 6.04 Å². The molecule has 0 amide bonds. The molecule has 0 heterocycles. The predicted octanol–water partition coefficient (Wildman–Crippen LogP) is 5.02. The third-order valence-corrected chi connectivity index (χ3v) is 4.60. The first kappa shape index (κ1) is 15.0. The van der Waals surface area contributed by atoms with Crippen molar-refractivity contribution < 1.29 is 0 Å². The first-order chi connectivity index (χ1) is 8.08. The van der Waals surface area contributed by atoms with Gasteiger partial charge >= 0.3 is 0 Å². The molecular weight excluding hydrogens is 298 g/mol. The van der Waals surface area contributed by atoms with Crippen LogP contribution in [0, 0.1) is 5.92 Å². The van der Waals surface area contributed by atoms with Gasteiger partial charge in [-0.05, 0) is 46.5 Å². The second kappa shape index (κ2) is 7.40. The molecule has 0 saturated carbocycles. The van der Waals surface area contributed by atoms with Crippen LogP contribution >= 0.6 is 27.5 Å². The van der Waals surface area contributed by atoms with Crippen LogP contribution in [0.1, 0.15) is 39.2 Å². The van der Waals surface area contributed by atoms with Gasteiger partial charge in [-0.1, -0.05) is 44.4 Å². The molecule has 0 radical (unpaired) electrons. The molecule has 0 spiro atoms. The summed E-state index contributed by atoms with van der Waals surface area (Å²) in [5, 5.41) is 4.35. The summed E-state index contributed by atoms with van der Waals surface area (Å²) >= 11 is 9.47. The van der Waals surface area contributed by atoms with Gasteiger partial charge in [0.25, 0.3) is 0 Å². The highest BCUT2D eigenvalue weighted by atomic mass is 79.9. The summed E-state index contributed by atoms with van der Waals surface area (Å²) in [7, 11) is 0. The molecule has 1 N–H and O–H groups in total. The zero-order valence-electron chi connectivity index (χ0n) is 10.8. The van der Waals surface area contributed by atoms with Crippen LogP contribution in [0.2, 0.25) is 5.02 Å². The van der Waals surface area contributed by atoms with Crippen LogP contribution < -0.4 is 5.32 Å². The Morgan fingerprint density at radius 3 is 2.47 bits per heavy atom. The Hall–Kier alpha value is -0.0500. The average Bonchev–Trinajstić information content (AvgIpc) is 2.32. The minimum Gasteiger partial charge on any atom is -0.310 e. The molecule has 1 unspecified atom stereocenters. The summed E-state index contributed by atoms with van der Waals surface area (Å²) in [6.45, 7) is 7.65. The Morgan fingerprint density at radius 1 is 1.29 bits per heavy atom. The van der Waals surface area contributed by atoms with E-state index in [1.54, 1.807) is 0 Å². The maximum atomic E-state index is 6.07. The van der Waals surface area contributed by atoms with Gasteiger partial charge in [-0.3, -0.25) is 0 Å². The first-order valence-corrected chi connectivity index (χ1v) is 7.42. The van der Waals surface area contributed by atoms with E-state index in [1.165, 1.54) is 18.4 Å². The van der Waals surface area contributed by atoms with E-state index in [0.29, 0.717) is 6.04 Å². The maximum Gasteiger partial charge on any atom is 0.0551 e. The Labute approximate surface area is 118 Å². The van der Waals surface area contributed by atoms with Gasteiger partial charge in [0.15, 0.2) is 0 Å². The van der Waals surface area contributed by atoms with Crippen LogP contribution in [0.15, 0.2) is 22.7 Å². The number of nitrogens with one attached hydrogen (secondary N) is 1. The smallest absolute Gasteiger partial charge is 0.0551 e. The molecule has 1 nitrogen and oxygen atoms in total. The van der Waals surface area contributed by atoms with E-state index >= 15 is 0 Å². The highest BCUT2D eigenvalue weighted by Crippen LogP contribution is 2.23. The zero-order valence-corrected chi connectivity index (χ0v) is 13.1. The molecule has 0 aliphatic carbocycles. The number of hydrogen-bond donors (Lipinski definition) is 1. The normalized spacial score (nSPS) is 13.1. The minimum atomic E-state index is 0.549. The lowest BCUT2D eigenvalue weighted by Crippen LogP contribution is -2.32. The fourth-order valence-corrected chi connectivity index (χ4v) is 2.54. The van der Waals surface area contributed by atoms with Crippen LogP contribution in [0.3, 0.4) is 0 Å². The summed E-state index contributed by atoms with van der Waals surface area (Å²) in [5.74, 6) is 0.751. The highest BCUT2D eigenvalue weighted by Gasteiger charge is 2.12. The van der Waals surface area contributed by atoms with Crippen LogP contribution in [0.5, 0.6) is 0 Å². The third kappa shape index (κ3) is 4.61. The minimum absolute atomic E-state index is 0.549. The molecule has 0 saturated heterocycles. The van der Waals surface area contributed by atoms with Crippen molar-refractivity contribution in [3.05, 3.63) is 33.3 Å². The highest BCUT2D eigenvalue weighted by molar-refractivity contribution is 9.10. The van der Waals surface area contributed by atoms with Crippen molar-refractivity contribution in [2.45, 2.75) is 46.2 Å². The maximum absolute atomic E-state index is 6.07. The van der Waals surface area contributed by atoms with Crippen molar-refractivity contribution in [2.75, 3.05) is 0 Å². The summed E-state index contributed by atoms with van der Waals surface area (Å²) in [5.41, 5.74) is 1.23. The standard InChI is InChI=1S/C14H21BrClN/c1-4-12(5-2)10(3)17-9-11-6-7-13(15)14(16)8-11/h6-8,10,12,17H,4-5,9H2,1-3H3. The molecular formula is C14H21BrClN. The fraction of sp³-hybridized carbons (Fsp3) is 0.571. The molecule has 1 atom stereocenters. The van der Waals surface area contributed by atoms with Crippen molar-refractivity contribution in [1.82, 2.24) is 5.32 Å². The number of halogens is 2. The van der Waals surface area contributed by atoms with Gasteiger partial charge in [0, 0.05) is 17.1 Å². The molecule has 1 aromatic carbocycles. The van der Waals surface area contributed by atoms with Gasteiger partial charge in [-0.15, -0.1) is 0 Å². The average molecular weight is 319 g/mol. The Morgan fingerprint density at radius 2 is 1.94 bits per heavy atom. The Kier molecular flexibility index (Phi) is 6.53. The number of hydrogen-bond acceptors (Lipinski definition) is 1. The fourth-order valence-electron chi connectivity index (χ4n) is 2.09. The Balaban J connectivity index is 2.52. The lowest BCUT2D eigenvalue weighted by atomic mass is 9.95. The van der Waals surface area contributed by atoms with E-state index in [2.05, 4.69) is 48.1 Å². The van der Waals surface area contributed by atoms with E-state index in [-0.39, 0.29) is 0 Å². The molecule has 0 bridgehead atoms. The molecule has 0 aliphatic heterocycles. The zero-order chi connectivity index (χ0) is 12.8. The van der Waals surface area contributed by atoms with Gasteiger partial charge < -0.3 is 5.32 Å². The lowest BCUT2D eigenvalue weighted by molar-refractivity contribution is 0.353. The molecule has 1 rings (SSSR count). The molecule has 17 heavy (non-hydrogen) atoms. The Bertz CT molecular complexity index is 350. The molecule has 96 valence electrons. The molecule has 3 heteroatoms. The van der Waals surface area contributed by atoms with Gasteiger partial charge in [-0.2, -0.15) is 0 Å². The second-order valence-electron chi connectivity index (χ2n) is 4.49. The first-order valence-electron chi connectivity index (χ1n) is 6.25. The van der Waals surface area contributed by atoms with E-state index in [4.69, 9.17) is 11.6 Å². The molecule has 0 aliphatic rings. The van der Waals surface area contributed by atoms with Gasteiger partial charge in [0.1, 0.15) is 0 Å². The second-order valence-corrected chi connectivity index (χ2v) is 5.76. The quantitative estimate of drug-likeness (QED) is 0.777. The predicted molar refractivity (Wildman–Crippen MR) is 79.5 cm³/mol. The third-order valence-electron chi connectivity index (χ3n) is 3.37. The van der Waals surface area contributed by atoms with Gasteiger partial charge in [0.2, 0.25) is 0 Å². The largest absolute Gasteiger partial charge is 0.310 e. The SMILES string of the molecule is CCC(CC)C(C)NCc1ccc(Br)c(Cl)c1.